The van der Waals surface area contributed by atoms with Crippen molar-refractivity contribution in [1.82, 2.24) is 19.9 Å². The predicted octanol–water partition coefficient (Wildman–Crippen LogP) is 2.00. The smallest absolute Gasteiger partial charge is 0.245 e. The van der Waals surface area contributed by atoms with Gasteiger partial charge in [-0.25, -0.2) is 0 Å². The standard InChI is InChI=1S/C18H24N4O2/c1-4-14-7-5-6-8-15(14)11-17(23)22-10-9-21(3)16(12-22)18-19-13(2)20-24-18/h5-8,16H,4,9-12H2,1-3H3/t16-/m1/s1. The number of benzene rings is 1. The zero-order valence-corrected chi connectivity index (χ0v) is 14.5. The molecule has 3 rings (SSSR count). The molecular formula is C18H24N4O2. The Labute approximate surface area is 142 Å². The van der Waals surface area contributed by atoms with Crippen molar-refractivity contribution >= 4 is 5.91 Å². The van der Waals surface area contributed by atoms with Crippen LogP contribution in [0.15, 0.2) is 28.8 Å². The zero-order chi connectivity index (χ0) is 17.1. The van der Waals surface area contributed by atoms with E-state index in [1.165, 1.54) is 5.56 Å². The first-order valence-corrected chi connectivity index (χ1v) is 8.43. The summed E-state index contributed by atoms with van der Waals surface area (Å²) in [5, 5.41) is 3.87. The van der Waals surface area contributed by atoms with Crippen molar-refractivity contribution in [3.8, 4) is 0 Å². The van der Waals surface area contributed by atoms with E-state index < -0.39 is 0 Å². The maximum absolute atomic E-state index is 12.8. The average Bonchev–Trinajstić information content (AvgIpc) is 3.02. The van der Waals surface area contributed by atoms with E-state index in [0.29, 0.717) is 24.7 Å². The van der Waals surface area contributed by atoms with E-state index in [-0.39, 0.29) is 11.9 Å². The summed E-state index contributed by atoms with van der Waals surface area (Å²) in [5.41, 5.74) is 2.36. The molecule has 0 bridgehead atoms. The molecule has 24 heavy (non-hydrogen) atoms. The largest absolute Gasteiger partial charge is 0.339 e. The van der Waals surface area contributed by atoms with Gasteiger partial charge in [0.25, 0.3) is 0 Å². The Morgan fingerprint density at radius 3 is 2.71 bits per heavy atom. The minimum absolute atomic E-state index is 0.0367. The first-order valence-electron chi connectivity index (χ1n) is 8.43. The molecule has 1 saturated heterocycles. The monoisotopic (exact) mass is 328 g/mol. The van der Waals surface area contributed by atoms with E-state index in [2.05, 4.69) is 28.0 Å². The van der Waals surface area contributed by atoms with E-state index >= 15 is 0 Å². The topological polar surface area (TPSA) is 62.5 Å². The SMILES string of the molecule is CCc1ccccc1CC(=O)N1CCN(C)[C@@H](c2nc(C)no2)C1. The molecule has 1 amide bonds. The molecule has 1 aromatic heterocycles. The van der Waals surface area contributed by atoms with Crippen molar-refractivity contribution in [2.75, 3.05) is 26.7 Å². The van der Waals surface area contributed by atoms with Gasteiger partial charge in [-0.05, 0) is 31.5 Å². The molecule has 6 nitrogen and oxygen atoms in total. The summed E-state index contributed by atoms with van der Waals surface area (Å²) < 4.78 is 5.32. The number of nitrogens with zero attached hydrogens (tertiary/aromatic N) is 4. The number of likely N-dealkylation sites (N-methyl/N-ethyl adjacent to an activating group) is 1. The number of carbonyl (C=O) groups excluding carboxylic acids is 1. The summed E-state index contributed by atoms with van der Waals surface area (Å²) in [6.07, 6.45) is 1.39. The minimum Gasteiger partial charge on any atom is -0.339 e. The Balaban J connectivity index is 1.71. The number of hydrogen-bond acceptors (Lipinski definition) is 5. The van der Waals surface area contributed by atoms with Crippen LogP contribution in [0.25, 0.3) is 0 Å². The van der Waals surface area contributed by atoms with E-state index in [4.69, 9.17) is 4.52 Å². The molecule has 0 unspecified atom stereocenters. The van der Waals surface area contributed by atoms with E-state index in [0.717, 1.165) is 25.1 Å². The zero-order valence-electron chi connectivity index (χ0n) is 14.5. The number of amides is 1. The number of hydrogen-bond donors (Lipinski definition) is 0. The fraction of sp³-hybridized carbons (Fsp3) is 0.500. The maximum atomic E-state index is 12.8. The molecule has 2 heterocycles. The summed E-state index contributed by atoms with van der Waals surface area (Å²) in [7, 11) is 2.03. The Morgan fingerprint density at radius 1 is 1.29 bits per heavy atom. The Bertz CT molecular complexity index is 713. The number of aryl methyl sites for hydroxylation is 2. The van der Waals surface area contributed by atoms with Crippen LogP contribution in [-0.4, -0.2) is 52.5 Å². The normalized spacial score (nSPS) is 18.8. The molecule has 0 spiro atoms. The number of rotatable bonds is 4. The van der Waals surface area contributed by atoms with E-state index in [9.17, 15) is 4.79 Å². The lowest BCUT2D eigenvalue weighted by Crippen LogP contribution is -2.49. The summed E-state index contributed by atoms with van der Waals surface area (Å²) >= 11 is 0. The highest BCUT2D eigenvalue weighted by molar-refractivity contribution is 5.79. The molecule has 1 aliphatic heterocycles. The quantitative estimate of drug-likeness (QED) is 0.859. The molecule has 1 aromatic carbocycles. The summed E-state index contributed by atoms with van der Waals surface area (Å²) in [5.74, 6) is 1.37. The number of aromatic nitrogens is 2. The highest BCUT2D eigenvalue weighted by Gasteiger charge is 2.32. The third kappa shape index (κ3) is 3.48. The molecule has 1 atom stereocenters. The van der Waals surface area contributed by atoms with Crippen LogP contribution in [-0.2, 0) is 17.6 Å². The molecule has 0 radical (unpaired) electrons. The lowest BCUT2D eigenvalue weighted by atomic mass is 10.0. The van der Waals surface area contributed by atoms with Gasteiger partial charge in [0.05, 0.1) is 6.42 Å². The van der Waals surface area contributed by atoms with Gasteiger partial charge >= 0.3 is 0 Å². The van der Waals surface area contributed by atoms with Crippen LogP contribution in [0.5, 0.6) is 0 Å². The van der Waals surface area contributed by atoms with Crippen LogP contribution in [0, 0.1) is 6.92 Å². The molecule has 6 heteroatoms. The van der Waals surface area contributed by atoms with Crippen molar-refractivity contribution in [2.24, 2.45) is 0 Å². The van der Waals surface area contributed by atoms with Gasteiger partial charge in [0.2, 0.25) is 11.8 Å². The highest BCUT2D eigenvalue weighted by Crippen LogP contribution is 2.23. The van der Waals surface area contributed by atoms with Gasteiger partial charge in [0.1, 0.15) is 6.04 Å². The van der Waals surface area contributed by atoms with Gasteiger partial charge in [-0.15, -0.1) is 0 Å². The average molecular weight is 328 g/mol. The van der Waals surface area contributed by atoms with Crippen LogP contribution in [0.2, 0.25) is 0 Å². The molecular weight excluding hydrogens is 304 g/mol. The molecule has 0 aliphatic carbocycles. The second-order valence-corrected chi connectivity index (χ2v) is 6.32. The first kappa shape index (κ1) is 16.6. The van der Waals surface area contributed by atoms with Crippen molar-refractivity contribution < 1.29 is 9.32 Å². The van der Waals surface area contributed by atoms with Crippen molar-refractivity contribution in [3.63, 3.8) is 0 Å². The predicted molar refractivity (Wildman–Crippen MR) is 90.5 cm³/mol. The Morgan fingerprint density at radius 2 is 2.04 bits per heavy atom. The van der Waals surface area contributed by atoms with Gasteiger partial charge in [0.15, 0.2) is 5.82 Å². The van der Waals surface area contributed by atoms with Crippen LogP contribution < -0.4 is 0 Å². The summed E-state index contributed by atoms with van der Waals surface area (Å²) in [6.45, 7) is 6.04. The van der Waals surface area contributed by atoms with Crippen molar-refractivity contribution in [2.45, 2.75) is 32.7 Å². The second kappa shape index (κ2) is 7.13. The van der Waals surface area contributed by atoms with Gasteiger partial charge < -0.3 is 9.42 Å². The molecule has 2 aromatic rings. The van der Waals surface area contributed by atoms with Gasteiger partial charge in [0, 0.05) is 19.6 Å². The van der Waals surface area contributed by atoms with Gasteiger partial charge in [-0.2, -0.15) is 4.98 Å². The highest BCUT2D eigenvalue weighted by atomic mass is 16.5. The fourth-order valence-corrected chi connectivity index (χ4v) is 3.16. The third-order valence-electron chi connectivity index (χ3n) is 4.67. The lowest BCUT2D eigenvalue weighted by Gasteiger charge is -2.37. The molecule has 1 aliphatic rings. The van der Waals surface area contributed by atoms with Gasteiger partial charge in [-0.3, -0.25) is 9.69 Å². The summed E-state index contributed by atoms with van der Waals surface area (Å²) in [4.78, 5) is 21.2. The van der Waals surface area contributed by atoms with E-state index in [1.54, 1.807) is 6.92 Å². The third-order valence-corrected chi connectivity index (χ3v) is 4.67. The number of piperazine rings is 1. The van der Waals surface area contributed by atoms with Crippen LogP contribution >= 0.6 is 0 Å². The fourth-order valence-electron chi connectivity index (χ4n) is 3.16. The van der Waals surface area contributed by atoms with Crippen molar-refractivity contribution in [3.05, 3.63) is 47.1 Å². The molecule has 128 valence electrons. The van der Waals surface area contributed by atoms with Crippen molar-refractivity contribution in [1.29, 1.82) is 0 Å². The number of carbonyl (C=O) groups is 1. The summed E-state index contributed by atoms with van der Waals surface area (Å²) in [6, 6.07) is 8.12. The Kier molecular flexibility index (Phi) is 4.94. The van der Waals surface area contributed by atoms with Crippen LogP contribution in [0.3, 0.4) is 0 Å². The molecule has 0 saturated carbocycles. The first-order chi connectivity index (χ1) is 11.6. The minimum atomic E-state index is -0.0367. The van der Waals surface area contributed by atoms with E-state index in [1.807, 2.05) is 30.1 Å². The lowest BCUT2D eigenvalue weighted by molar-refractivity contribution is -0.133. The van der Waals surface area contributed by atoms with Crippen LogP contribution in [0.1, 0.15) is 35.8 Å². The van der Waals surface area contributed by atoms with Crippen LogP contribution in [0.4, 0.5) is 0 Å². The maximum Gasteiger partial charge on any atom is 0.245 e. The Hall–Kier alpha value is -2.21. The van der Waals surface area contributed by atoms with Gasteiger partial charge in [-0.1, -0.05) is 36.3 Å². The second-order valence-electron chi connectivity index (χ2n) is 6.32. The molecule has 0 N–H and O–H groups in total. The molecule has 1 fully saturated rings.